The highest BCUT2D eigenvalue weighted by molar-refractivity contribution is 5.95. The van der Waals surface area contributed by atoms with Crippen LogP contribution in [-0.4, -0.2) is 11.0 Å². The molecule has 0 aliphatic rings. The number of carbonyl (C=O) groups excluding carboxylic acids is 1. The Hall–Kier alpha value is -2.56. The van der Waals surface area contributed by atoms with Crippen molar-refractivity contribution in [2.24, 2.45) is 5.73 Å². The Balaban J connectivity index is 2.29. The van der Waals surface area contributed by atoms with Gasteiger partial charge in [-0.15, -0.1) is 0 Å². The van der Waals surface area contributed by atoms with Crippen LogP contribution in [0, 0.1) is 12.7 Å². The molecule has 1 amide bonds. The van der Waals surface area contributed by atoms with E-state index in [0.29, 0.717) is 16.8 Å². The molecule has 2 aromatic carbocycles. The molecule has 110 valence electrons. The average molecular weight is 288 g/mol. The third kappa shape index (κ3) is 3.13. The van der Waals surface area contributed by atoms with E-state index in [-0.39, 0.29) is 11.8 Å². The second-order valence-corrected chi connectivity index (χ2v) is 4.91. The Morgan fingerprint density at radius 1 is 1.33 bits per heavy atom. The summed E-state index contributed by atoms with van der Waals surface area (Å²) < 4.78 is 13.8. The standard InChI is InChI=1S/C16H17FN2O2/c1-9-12(16(18)21)4-3-5-15(9)19-10(2)13-7-6-11(20)8-14(13)17/h3-8,10,19-20H,1-2H3,(H2,18,21). The second-order valence-electron chi connectivity index (χ2n) is 4.91. The van der Waals surface area contributed by atoms with Crippen molar-refractivity contribution in [2.75, 3.05) is 5.32 Å². The highest BCUT2D eigenvalue weighted by atomic mass is 19.1. The largest absolute Gasteiger partial charge is 0.508 e. The zero-order valence-corrected chi connectivity index (χ0v) is 11.9. The number of hydrogen-bond acceptors (Lipinski definition) is 3. The number of hydrogen-bond donors (Lipinski definition) is 3. The smallest absolute Gasteiger partial charge is 0.249 e. The summed E-state index contributed by atoms with van der Waals surface area (Å²) in [5.41, 5.74) is 7.60. The number of benzene rings is 2. The SMILES string of the molecule is Cc1c(NC(C)c2ccc(O)cc2F)cccc1C(N)=O. The zero-order chi connectivity index (χ0) is 15.6. The molecule has 0 spiro atoms. The summed E-state index contributed by atoms with van der Waals surface area (Å²) in [5.74, 6) is -1.10. The normalized spacial score (nSPS) is 12.0. The van der Waals surface area contributed by atoms with Gasteiger partial charge in [0.2, 0.25) is 5.91 Å². The Morgan fingerprint density at radius 3 is 2.67 bits per heavy atom. The minimum Gasteiger partial charge on any atom is -0.508 e. The van der Waals surface area contributed by atoms with E-state index in [1.807, 2.05) is 0 Å². The second kappa shape index (κ2) is 5.83. The van der Waals surface area contributed by atoms with Gasteiger partial charge in [-0.2, -0.15) is 0 Å². The first-order valence-corrected chi connectivity index (χ1v) is 6.54. The van der Waals surface area contributed by atoms with E-state index < -0.39 is 11.7 Å². The van der Waals surface area contributed by atoms with Crippen molar-refractivity contribution in [3.05, 3.63) is 58.9 Å². The van der Waals surface area contributed by atoms with E-state index in [2.05, 4.69) is 5.32 Å². The highest BCUT2D eigenvalue weighted by Gasteiger charge is 2.14. The van der Waals surface area contributed by atoms with Crippen molar-refractivity contribution >= 4 is 11.6 Å². The van der Waals surface area contributed by atoms with Crippen molar-refractivity contribution in [2.45, 2.75) is 19.9 Å². The Morgan fingerprint density at radius 2 is 2.05 bits per heavy atom. The lowest BCUT2D eigenvalue weighted by Gasteiger charge is -2.19. The third-order valence-corrected chi connectivity index (χ3v) is 3.42. The number of phenolic OH excluding ortho intramolecular Hbond substituents is 1. The summed E-state index contributed by atoms with van der Waals surface area (Å²) in [6, 6.07) is 8.87. The van der Waals surface area contributed by atoms with Gasteiger partial charge in [-0.1, -0.05) is 12.1 Å². The van der Waals surface area contributed by atoms with Crippen LogP contribution in [0.25, 0.3) is 0 Å². The van der Waals surface area contributed by atoms with Crippen LogP contribution in [-0.2, 0) is 0 Å². The quantitative estimate of drug-likeness (QED) is 0.809. The molecule has 21 heavy (non-hydrogen) atoms. The number of carbonyl (C=O) groups is 1. The van der Waals surface area contributed by atoms with Crippen molar-refractivity contribution in [1.29, 1.82) is 0 Å². The van der Waals surface area contributed by atoms with Crippen LogP contribution in [0.5, 0.6) is 5.75 Å². The number of rotatable bonds is 4. The van der Waals surface area contributed by atoms with Crippen LogP contribution in [0.4, 0.5) is 10.1 Å². The van der Waals surface area contributed by atoms with Crippen LogP contribution < -0.4 is 11.1 Å². The molecule has 0 aromatic heterocycles. The van der Waals surface area contributed by atoms with Gasteiger partial charge < -0.3 is 16.2 Å². The molecule has 2 aromatic rings. The predicted molar refractivity (Wildman–Crippen MR) is 79.8 cm³/mol. The van der Waals surface area contributed by atoms with Crippen LogP contribution in [0.3, 0.4) is 0 Å². The first-order valence-electron chi connectivity index (χ1n) is 6.54. The fraction of sp³-hybridized carbons (Fsp3) is 0.188. The predicted octanol–water partition coefficient (Wildman–Crippen LogP) is 3.11. The number of anilines is 1. The van der Waals surface area contributed by atoms with Crippen LogP contribution >= 0.6 is 0 Å². The third-order valence-electron chi connectivity index (χ3n) is 3.42. The van der Waals surface area contributed by atoms with Gasteiger partial charge in [-0.05, 0) is 37.6 Å². The first kappa shape index (κ1) is 14.8. The monoisotopic (exact) mass is 288 g/mol. The Bertz CT molecular complexity index is 686. The first-order chi connectivity index (χ1) is 9.90. The van der Waals surface area contributed by atoms with Gasteiger partial charge >= 0.3 is 0 Å². The fourth-order valence-electron chi connectivity index (χ4n) is 2.24. The molecule has 4 nitrogen and oxygen atoms in total. The lowest BCUT2D eigenvalue weighted by atomic mass is 10.0. The molecule has 0 bridgehead atoms. The van der Waals surface area contributed by atoms with Gasteiger partial charge in [0.05, 0.1) is 6.04 Å². The summed E-state index contributed by atoms with van der Waals surface area (Å²) in [6.45, 7) is 3.58. The molecule has 0 aliphatic carbocycles. The number of amides is 1. The van der Waals surface area contributed by atoms with Gasteiger partial charge in [0.25, 0.3) is 0 Å². The molecular weight excluding hydrogens is 271 g/mol. The molecule has 1 atom stereocenters. The molecule has 1 unspecified atom stereocenters. The van der Waals surface area contributed by atoms with Crippen molar-refractivity contribution in [3.63, 3.8) is 0 Å². The van der Waals surface area contributed by atoms with Gasteiger partial charge in [0.1, 0.15) is 11.6 Å². The summed E-state index contributed by atoms with van der Waals surface area (Å²) >= 11 is 0. The Kier molecular flexibility index (Phi) is 4.12. The van der Waals surface area contributed by atoms with Crippen molar-refractivity contribution in [3.8, 4) is 5.75 Å². The lowest BCUT2D eigenvalue weighted by molar-refractivity contribution is 0.0999. The number of primary amides is 1. The van der Waals surface area contributed by atoms with Gasteiger partial charge in [-0.3, -0.25) is 4.79 Å². The van der Waals surface area contributed by atoms with Gasteiger partial charge in [0.15, 0.2) is 0 Å². The number of halogens is 1. The summed E-state index contributed by atoms with van der Waals surface area (Å²) in [4.78, 5) is 11.3. The zero-order valence-electron chi connectivity index (χ0n) is 11.9. The summed E-state index contributed by atoms with van der Waals surface area (Å²) in [6.07, 6.45) is 0. The molecule has 0 saturated carbocycles. The van der Waals surface area contributed by atoms with E-state index in [1.165, 1.54) is 12.1 Å². The van der Waals surface area contributed by atoms with Gasteiger partial charge in [-0.25, -0.2) is 4.39 Å². The maximum absolute atomic E-state index is 13.8. The maximum atomic E-state index is 13.8. The Labute approximate surface area is 122 Å². The minimum atomic E-state index is -0.500. The maximum Gasteiger partial charge on any atom is 0.249 e. The van der Waals surface area contributed by atoms with Crippen LogP contribution in [0.1, 0.15) is 34.5 Å². The van der Waals surface area contributed by atoms with Crippen molar-refractivity contribution in [1.82, 2.24) is 0 Å². The van der Waals surface area contributed by atoms with E-state index in [0.717, 1.165) is 11.6 Å². The van der Waals surface area contributed by atoms with Crippen LogP contribution in [0.2, 0.25) is 0 Å². The molecule has 0 saturated heterocycles. The van der Waals surface area contributed by atoms with E-state index in [4.69, 9.17) is 5.73 Å². The molecule has 0 heterocycles. The number of phenols is 1. The molecular formula is C16H17FN2O2. The average Bonchev–Trinajstić information content (AvgIpc) is 2.40. The molecule has 4 N–H and O–H groups in total. The fourth-order valence-corrected chi connectivity index (χ4v) is 2.24. The molecule has 0 fully saturated rings. The minimum absolute atomic E-state index is 0.115. The highest BCUT2D eigenvalue weighted by Crippen LogP contribution is 2.27. The van der Waals surface area contributed by atoms with Gasteiger partial charge in [0, 0.05) is 22.9 Å². The van der Waals surface area contributed by atoms with E-state index in [1.54, 1.807) is 32.0 Å². The molecule has 0 aliphatic heterocycles. The molecule has 0 radical (unpaired) electrons. The van der Waals surface area contributed by atoms with E-state index in [9.17, 15) is 14.3 Å². The molecule has 5 heteroatoms. The summed E-state index contributed by atoms with van der Waals surface area (Å²) in [5, 5.41) is 12.4. The topological polar surface area (TPSA) is 75.3 Å². The van der Waals surface area contributed by atoms with E-state index >= 15 is 0 Å². The molecule has 2 rings (SSSR count). The number of aromatic hydroxyl groups is 1. The number of nitrogens with two attached hydrogens (primary N) is 1. The van der Waals surface area contributed by atoms with Crippen LogP contribution in [0.15, 0.2) is 36.4 Å². The summed E-state index contributed by atoms with van der Waals surface area (Å²) in [7, 11) is 0. The number of nitrogens with one attached hydrogen (secondary N) is 1. The van der Waals surface area contributed by atoms with Crippen molar-refractivity contribution < 1.29 is 14.3 Å². The lowest BCUT2D eigenvalue weighted by Crippen LogP contribution is -2.15.